The SMILES string of the molecule is CC=Cc1ccc(COC2CCC(c3ccc(OCCCC)c(F)c3F)CO2)cc1. The van der Waals surface area contributed by atoms with Crippen molar-refractivity contribution in [1.29, 1.82) is 0 Å². The molecule has 2 aromatic rings. The van der Waals surface area contributed by atoms with Crippen molar-refractivity contribution in [3.63, 3.8) is 0 Å². The summed E-state index contributed by atoms with van der Waals surface area (Å²) in [5.41, 5.74) is 2.56. The molecule has 0 aliphatic carbocycles. The van der Waals surface area contributed by atoms with Gasteiger partial charge in [0.25, 0.3) is 0 Å². The molecular formula is C25H30F2O3. The lowest BCUT2D eigenvalue weighted by Gasteiger charge is -2.29. The molecule has 0 spiro atoms. The van der Waals surface area contributed by atoms with Crippen LogP contribution in [0.2, 0.25) is 0 Å². The highest BCUT2D eigenvalue weighted by molar-refractivity contribution is 5.49. The maximum atomic E-state index is 14.6. The molecule has 0 amide bonds. The van der Waals surface area contributed by atoms with E-state index in [1.165, 1.54) is 6.07 Å². The van der Waals surface area contributed by atoms with Gasteiger partial charge in [-0.2, -0.15) is 4.39 Å². The third kappa shape index (κ3) is 5.89. The van der Waals surface area contributed by atoms with Gasteiger partial charge >= 0.3 is 0 Å². The van der Waals surface area contributed by atoms with E-state index in [2.05, 4.69) is 0 Å². The fraction of sp³-hybridized carbons (Fsp3) is 0.440. The zero-order valence-corrected chi connectivity index (χ0v) is 17.7. The second kappa shape index (κ2) is 11.2. The van der Waals surface area contributed by atoms with Crippen molar-refractivity contribution >= 4 is 6.08 Å². The van der Waals surface area contributed by atoms with Crippen LogP contribution in [-0.4, -0.2) is 19.5 Å². The number of rotatable bonds is 9. The molecule has 2 aromatic carbocycles. The summed E-state index contributed by atoms with van der Waals surface area (Å²) in [6, 6.07) is 11.3. The summed E-state index contributed by atoms with van der Waals surface area (Å²) in [5, 5.41) is 0. The summed E-state index contributed by atoms with van der Waals surface area (Å²) in [5.74, 6) is -1.96. The van der Waals surface area contributed by atoms with Crippen LogP contribution < -0.4 is 4.74 Å². The zero-order chi connectivity index (χ0) is 21.3. The minimum atomic E-state index is -0.914. The molecule has 162 valence electrons. The van der Waals surface area contributed by atoms with Gasteiger partial charge in [-0.05, 0) is 48.9 Å². The first-order valence-corrected chi connectivity index (χ1v) is 10.7. The van der Waals surface area contributed by atoms with Gasteiger partial charge < -0.3 is 14.2 Å². The number of benzene rings is 2. The fourth-order valence-corrected chi connectivity index (χ4v) is 3.51. The maximum Gasteiger partial charge on any atom is 0.200 e. The van der Waals surface area contributed by atoms with Crippen LogP contribution in [-0.2, 0) is 16.1 Å². The van der Waals surface area contributed by atoms with Crippen LogP contribution in [0.1, 0.15) is 62.1 Å². The van der Waals surface area contributed by atoms with Crippen molar-refractivity contribution in [2.45, 2.75) is 58.3 Å². The topological polar surface area (TPSA) is 27.7 Å². The lowest BCUT2D eigenvalue weighted by molar-refractivity contribution is -0.173. The highest BCUT2D eigenvalue weighted by Crippen LogP contribution is 2.34. The molecule has 1 heterocycles. The highest BCUT2D eigenvalue weighted by Gasteiger charge is 2.27. The summed E-state index contributed by atoms with van der Waals surface area (Å²) >= 11 is 0. The number of allylic oxidation sites excluding steroid dienone is 1. The van der Waals surface area contributed by atoms with Crippen LogP contribution in [0.4, 0.5) is 8.78 Å². The lowest BCUT2D eigenvalue weighted by atomic mass is 9.92. The van der Waals surface area contributed by atoms with E-state index in [-0.39, 0.29) is 18.0 Å². The molecule has 1 saturated heterocycles. The minimum Gasteiger partial charge on any atom is -0.490 e. The third-order valence-corrected chi connectivity index (χ3v) is 5.28. The number of ether oxygens (including phenoxy) is 3. The van der Waals surface area contributed by atoms with Gasteiger partial charge in [0.05, 0.1) is 19.8 Å². The summed E-state index contributed by atoms with van der Waals surface area (Å²) in [6.45, 7) is 5.15. The zero-order valence-electron chi connectivity index (χ0n) is 17.7. The van der Waals surface area contributed by atoms with E-state index in [1.54, 1.807) is 6.07 Å². The first-order chi connectivity index (χ1) is 14.6. The fourth-order valence-electron chi connectivity index (χ4n) is 3.51. The molecule has 0 bridgehead atoms. The van der Waals surface area contributed by atoms with Crippen LogP contribution in [0.15, 0.2) is 42.5 Å². The van der Waals surface area contributed by atoms with Crippen molar-refractivity contribution in [3.05, 3.63) is 70.8 Å². The van der Waals surface area contributed by atoms with Crippen molar-refractivity contribution < 1.29 is 23.0 Å². The molecule has 3 rings (SSSR count). The Hall–Kier alpha value is -2.24. The van der Waals surface area contributed by atoms with Gasteiger partial charge in [0.2, 0.25) is 5.82 Å². The van der Waals surface area contributed by atoms with E-state index in [9.17, 15) is 8.78 Å². The van der Waals surface area contributed by atoms with Crippen LogP contribution in [0, 0.1) is 11.6 Å². The standard InChI is InChI=1S/C25H30F2O3/c1-3-5-15-28-22-13-12-21(24(26)25(22)27)20-11-14-23(30-17-20)29-16-19-9-7-18(6-4-2)8-10-19/h4,6-10,12-13,20,23H,3,5,11,14-17H2,1-2H3. The van der Waals surface area contributed by atoms with Crippen molar-refractivity contribution in [2.24, 2.45) is 0 Å². The van der Waals surface area contributed by atoms with Crippen LogP contribution in [0.5, 0.6) is 5.75 Å². The monoisotopic (exact) mass is 416 g/mol. The lowest BCUT2D eigenvalue weighted by Crippen LogP contribution is -2.27. The number of hydrogen-bond acceptors (Lipinski definition) is 3. The number of halogens is 2. The first kappa shape index (κ1) is 22.4. The Labute approximate surface area is 177 Å². The number of unbranched alkanes of at least 4 members (excludes halogenated alkanes) is 1. The Kier molecular flexibility index (Phi) is 8.40. The van der Waals surface area contributed by atoms with Gasteiger partial charge in [0.15, 0.2) is 17.9 Å². The Balaban J connectivity index is 1.50. The van der Waals surface area contributed by atoms with Gasteiger partial charge in [-0.3, -0.25) is 0 Å². The first-order valence-electron chi connectivity index (χ1n) is 10.7. The Morgan fingerprint density at radius 2 is 1.87 bits per heavy atom. The van der Waals surface area contributed by atoms with Gasteiger partial charge in [-0.15, -0.1) is 0 Å². The largest absolute Gasteiger partial charge is 0.490 e. The normalized spacial score (nSPS) is 19.3. The summed E-state index contributed by atoms with van der Waals surface area (Å²) in [4.78, 5) is 0. The minimum absolute atomic E-state index is 0.0249. The van der Waals surface area contributed by atoms with Gasteiger partial charge in [-0.25, -0.2) is 4.39 Å². The van der Waals surface area contributed by atoms with E-state index < -0.39 is 11.6 Å². The molecule has 0 radical (unpaired) electrons. The van der Waals surface area contributed by atoms with Gasteiger partial charge in [-0.1, -0.05) is 55.8 Å². The van der Waals surface area contributed by atoms with Crippen LogP contribution in [0.3, 0.4) is 0 Å². The maximum absolute atomic E-state index is 14.6. The Morgan fingerprint density at radius 3 is 2.53 bits per heavy atom. The molecule has 1 aliphatic rings. The van der Waals surface area contributed by atoms with E-state index >= 15 is 0 Å². The molecule has 5 heteroatoms. The third-order valence-electron chi connectivity index (χ3n) is 5.28. The molecule has 30 heavy (non-hydrogen) atoms. The van der Waals surface area contributed by atoms with Crippen LogP contribution >= 0.6 is 0 Å². The second-order valence-electron chi connectivity index (χ2n) is 7.57. The average Bonchev–Trinajstić information content (AvgIpc) is 2.77. The van der Waals surface area contributed by atoms with Crippen molar-refractivity contribution in [3.8, 4) is 5.75 Å². The molecule has 2 atom stereocenters. The van der Waals surface area contributed by atoms with Crippen molar-refractivity contribution in [2.75, 3.05) is 13.2 Å². The predicted molar refractivity (Wildman–Crippen MR) is 114 cm³/mol. The molecule has 0 saturated carbocycles. The molecule has 3 nitrogen and oxygen atoms in total. The average molecular weight is 417 g/mol. The van der Waals surface area contributed by atoms with Crippen LogP contribution in [0.25, 0.3) is 6.08 Å². The summed E-state index contributed by atoms with van der Waals surface area (Å²) < 4.78 is 45.9. The summed E-state index contributed by atoms with van der Waals surface area (Å²) in [6.07, 6.45) is 6.77. The second-order valence-corrected chi connectivity index (χ2v) is 7.57. The molecule has 0 aromatic heterocycles. The smallest absolute Gasteiger partial charge is 0.200 e. The van der Waals surface area contributed by atoms with Gasteiger partial charge in [0.1, 0.15) is 0 Å². The number of hydrogen-bond donors (Lipinski definition) is 0. The summed E-state index contributed by atoms with van der Waals surface area (Å²) in [7, 11) is 0. The highest BCUT2D eigenvalue weighted by atomic mass is 19.2. The van der Waals surface area contributed by atoms with E-state index in [0.29, 0.717) is 38.2 Å². The van der Waals surface area contributed by atoms with Gasteiger partial charge in [0, 0.05) is 5.92 Å². The van der Waals surface area contributed by atoms with E-state index in [4.69, 9.17) is 14.2 Å². The molecule has 1 fully saturated rings. The molecule has 0 N–H and O–H groups in total. The van der Waals surface area contributed by atoms with E-state index in [0.717, 1.165) is 24.0 Å². The predicted octanol–water partition coefficient (Wildman–Crippen LogP) is 6.61. The molecular weight excluding hydrogens is 386 g/mol. The Morgan fingerprint density at radius 1 is 1.07 bits per heavy atom. The van der Waals surface area contributed by atoms with Crippen molar-refractivity contribution in [1.82, 2.24) is 0 Å². The molecule has 1 aliphatic heterocycles. The van der Waals surface area contributed by atoms with E-state index in [1.807, 2.05) is 50.3 Å². The molecule has 2 unspecified atom stereocenters. The Bertz CT molecular complexity index is 825. The quantitative estimate of drug-likeness (QED) is 0.430.